The molecule has 1 aromatic heterocycles. The maximum Gasteiger partial charge on any atom is 0.350 e. The van der Waals surface area contributed by atoms with Crippen molar-refractivity contribution in [2.45, 2.75) is 45.2 Å². The molecule has 148 valence electrons. The first-order valence-electron chi connectivity index (χ1n) is 9.76. The Morgan fingerprint density at radius 1 is 1.39 bits per heavy atom. The lowest BCUT2D eigenvalue weighted by molar-refractivity contribution is 0.127. The highest BCUT2D eigenvalue weighted by molar-refractivity contribution is 5.83. The Balaban J connectivity index is 1.92. The Hall–Kier alpha value is -2.63. The molecule has 4 rings (SSSR count). The SMILES string of the molecule is Cc1c(C(NCCC#N)C2(C)CNC2)ccc2c(=O)n(N)c(=O)n(C3CC3)c12. The number of hydrogen-bond donors (Lipinski definition) is 3. The zero-order chi connectivity index (χ0) is 20.1. The van der Waals surface area contributed by atoms with E-state index >= 15 is 0 Å². The number of nitrogens with zero attached hydrogens (tertiary/aromatic N) is 3. The van der Waals surface area contributed by atoms with Crippen molar-refractivity contribution in [2.24, 2.45) is 5.41 Å². The highest BCUT2D eigenvalue weighted by Crippen LogP contribution is 2.41. The molecule has 1 unspecified atom stereocenters. The van der Waals surface area contributed by atoms with Gasteiger partial charge in [-0.05, 0) is 37.0 Å². The number of hydrogen-bond acceptors (Lipinski definition) is 6. The number of nitrogen functional groups attached to an aromatic ring is 1. The largest absolute Gasteiger partial charge is 0.350 e. The second kappa shape index (κ2) is 6.76. The van der Waals surface area contributed by atoms with Gasteiger partial charge in [0.15, 0.2) is 0 Å². The minimum absolute atomic E-state index is 0.00144. The number of rotatable bonds is 6. The summed E-state index contributed by atoms with van der Waals surface area (Å²) in [5.74, 6) is 5.76. The summed E-state index contributed by atoms with van der Waals surface area (Å²) in [5.41, 5.74) is 1.78. The molecule has 2 fully saturated rings. The van der Waals surface area contributed by atoms with Gasteiger partial charge >= 0.3 is 5.69 Å². The topological polar surface area (TPSA) is 118 Å². The normalized spacial score (nSPS) is 19.2. The summed E-state index contributed by atoms with van der Waals surface area (Å²) in [6.07, 6.45) is 2.27. The minimum atomic E-state index is -0.461. The molecule has 2 aromatic rings. The van der Waals surface area contributed by atoms with Gasteiger partial charge in [0.25, 0.3) is 5.56 Å². The molecular formula is C20H26N6O2. The van der Waals surface area contributed by atoms with E-state index < -0.39 is 11.2 Å². The average molecular weight is 382 g/mol. The first-order valence-corrected chi connectivity index (χ1v) is 9.76. The minimum Gasteiger partial charge on any atom is -0.332 e. The van der Waals surface area contributed by atoms with Crippen LogP contribution in [0.4, 0.5) is 0 Å². The van der Waals surface area contributed by atoms with Crippen LogP contribution < -0.4 is 27.7 Å². The fourth-order valence-corrected chi connectivity index (χ4v) is 4.34. The fourth-order valence-electron chi connectivity index (χ4n) is 4.34. The smallest absolute Gasteiger partial charge is 0.332 e. The number of nitriles is 1. The molecule has 4 N–H and O–H groups in total. The van der Waals surface area contributed by atoms with E-state index in [2.05, 4.69) is 23.6 Å². The summed E-state index contributed by atoms with van der Waals surface area (Å²) < 4.78 is 2.42. The number of nitrogens with two attached hydrogens (primary N) is 1. The first-order chi connectivity index (χ1) is 13.4. The van der Waals surface area contributed by atoms with Crippen LogP contribution in [0.2, 0.25) is 0 Å². The fraction of sp³-hybridized carbons (Fsp3) is 0.550. The molecule has 0 bridgehead atoms. The van der Waals surface area contributed by atoms with Crippen LogP contribution in [0.1, 0.15) is 49.4 Å². The van der Waals surface area contributed by atoms with E-state index in [0.29, 0.717) is 23.9 Å². The van der Waals surface area contributed by atoms with Crippen LogP contribution in [0.25, 0.3) is 10.9 Å². The van der Waals surface area contributed by atoms with E-state index in [9.17, 15) is 9.59 Å². The van der Waals surface area contributed by atoms with Crippen molar-refractivity contribution in [3.05, 3.63) is 44.1 Å². The summed E-state index contributed by atoms with van der Waals surface area (Å²) >= 11 is 0. The molecule has 0 radical (unpaired) electrons. The Kier molecular flexibility index (Phi) is 4.52. The highest BCUT2D eigenvalue weighted by atomic mass is 16.2. The van der Waals surface area contributed by atoms with Crippen LogP contribution in [0, 0.1) is 23.7 Å². The summed E-state index contributed by atoms with van der Waals surface area (Å²) in [6, 6.07) is 6.06. The molecule has 8 heteroatoms. The van der Waals surface area contributed by atoms with Gasteiger partial charge in [-0.15, -0.1) is 0 Å². The molecule has 1 aliphatic heterocycles. The van der Waals surface area contributed by atoms with Crippen molar-refractivity contribution in [1.82, 2.24) is 19.9 Å². The van der Waals surface area contributed by atoms with Gasteiger partial charge in [0.2, 0.25) is 0 Å². The van der Waals surface area contributed by atoms with Gasteiger partial charge in [-0.25, -0.2) is 4.79 Å². The summed E-state index contributed by atoms with van der Waals surface area (Å²) in [4.78, 5) is 25.3. The predicted octanol–water partition coefficient (Wildman–Crippen LogP) is 0.674. The molecule has 8 nitrogen and oxygen atoms in total. The molecule has 1 saturated carbocycles. The van der Waals surface area contributed by atoms with Crippen LogP contribution in [0.3, 0.4) is 0 Å². The average Bonchev–Trinajstić information content (AvgIpc) is 3.48. The highest BCUT2D eigenvalue weighted by Gasteiger charge is 2.41. The van der Waals surface area contributed by atoms with E-state index in [1.54, 1.807) is 10.6 Å². The predicted molar refractivity (Wildman–Crippen MR) is 108 cm³/mol. The molecule has 1 saturated heterocycles. The Bertz CT molecular complexity index is 1090. The van der Waals surface area contributed by atoms with Gasteiger partial charge in [0.1, 0.15) is 0 Å². The Morgan fingerprint density at radius 3 is 2.68 bits per heavy atom. The van der Waals surface area contributed by atoms with Crippen molar-refractivity contribution in [1.29, 1.82) is 5.26 Å². The van der Waals surface area contributed by atoms with Gasteiger partial charge < -0.3 is 16.5 Å². The summed E-state index contributed by atoms with van der Waals surface area (Å²) in [5, 5.41) is 16.3. The molecule has 1 atom stereocenters. The third-order valence-electron chi connectivity index (χ3n) is 6.14. The van der Waals surface area contributed by atoms with Crippen molar-refractivity contribution >= 4 is 10.9 Å². The van der Waals surface area contributed by atoms with E-state index in [0.717, 1.165) is 41.7 Å². The van der Waals surface area contributed by atoms with Crippen molar-refractivity contribution < 1.29 is 0 Å². The van der Waals surface area contributed by atoms with Crippen molar-refractivity contribution in [3.8, 4) is 6.07 Å². The van der Waals surface area contributed by atoms with Crippen molar-refractivity contribution in [3.63, 3.8) is 0 Å². The standard InChI is InChI=1S/C20H26N6O2/c1-12-14(17(24-9-3-8-21)20(2)10-23-11-20)6-7-15-16(12)25(13-4-5-13)19(28)26(22)18(15)27/h6-7,13,17,23-24H,3-5,9-11,22H2,1-2H3. The summed E-state index contributed by atoms with van der Waals surface area (Å²) in [7, 11) is 0. The number of fused-ring (bicyclic) bond motifs is 1. The van der Waals surface area contributed by atoms with Crippen molar-refractivity contribution in [2.75, 3.05) is 25.5 Å². The molecule has 2 aliphatic rings. The number of aryl methyl sites for hydroxylation is 1. The zero-order valence-electron chi connectivity index (χ0n) is 16.3. The lowest BCUT2D eigenvalue weighted by Gasteiger charge is -2.46. The molecule has 0 amide bonds. The molecule has 1 aliphatic carbocycles. The van der Waals surface area contributed by atoms with E-state index in [4.69, 9.17) is 11.1 Å². The number of benzene rings is 1. The van der Waals surface area contributed by atoms with Gasteiger partial charge in [-0.1, -0.05) is 13.0 Å². The lowest BCUT2D eigenvalue weighted by atomic mass is 9.72. The Morgan fingerprint density at radius 2 is 2.11 bits per heavy atom. The Labute approximate surface area is 162 Å². The molecular weight excluding hydrogens is 356 g/mol. The zero-order valence-corrected chi connectivity index (χ0v) is 16.3. The maximum absolute atomic E-state index is 12.7. The van der Waals surface area contributed by atoms with Crippen LogP contribution in [0.15, 0.2) is 21.7 Å². The van der Waals surface area contributed by atoms with E-state index in [1.165, 1.54) is 0 Å². The van der Waals surface area contributed by atoms with E-state index in [1.807, 2.05) is 13.0 Å². The van der Waals surface area contributed by atoms with Gasteiger partial charge in [-0.3, -0.25) is 9.36 Å². The van der Waals surface area contributed by atoms with Crippen LogP contribution in [-0.4, -0.2) is 28.9 Å². The monoisotopic (exact) mass is 382 g/mol. The molecule has 28 heavy (non-hydrogen) atoms. The quantitative estimate of drug-likeness (QED) is 0.499. The van der Waals surface area contributed by atoms with Gasteiger partial charge in [0.05, 0.1) is 17.0 Å². The maximum atomic E-state index is 12.7. The van der Waals surface area contributed by atoms with Gasteiger partial charge in [0, 0.05) is 43.6 Å². The van der Waals surface area contributed by atoms with E-state index in [-0.39, 0.29) is 17.5 Å². The third kappa shape index (κ3) is 2.82. The van der Waals surface area contributed by atoms with Crippen LogP contribution in [0.5, 0.6) is 0 Å². The second-order valence-electron chi connectivity index (χ2n) is 8.29. The molecule has 1 aromatic carbocycles. The molecule has 2 heterocycles. The summed E-state index contributed by atoms with van der Waals surface area (Å²) in [6.45, 7) is 6.52. The number of nitrogens with one attached hydrogen (secondary N) is 2. The lowest BCUT2D eigenvalue weighted by Crippen LogP contribution is -2.58. The van der Waals surface area contributed by atoms with Gasteiger partial charge in [-0.2, -0.15) is 9.94 Å². The molecule has 0 spiro atoms. The number of aromatic nitrogens is 2. The first kappa shape index (κ1) is 18.7. The second-order valence-corrected chi connectivity index (χ2v) is 8.29. The third-order valence-corrected chi connectivity index (χ3v) is 6.14. The van der Waals surface area contributed by atoms with Crippen LogP contribution in [-0.2, 0) is 0 Å². The van der Waals surface area contributed by atoms with Crippen LogP contribution >= 0.6 is 0 Å².